The number of nitrogens with zero attached hydrogens (tertiary/aromatic N) is 2. The Balaban J connectivity index is 3.24. The van der Waals surface area contributed by atoms with Crippen molar-refractivity contribution in [3.05, 3.63) is 17.7 Å². The zero-order valence-electron chi connectivity index (χ0n) is 11.2. The molecule has 15 heavy (non-hydrogen) atoms. The molecule has 0 atom stereocenters. The molecule has 0 unspecified atom stereocenters. The molecule has 0 N–H and O–H groups in total. The molecule has 1 aromatic heterocycles. The van der Waals surface area contributed by atoms with Crippen LogP contribution in [-0.2, 0) is 17.4 Å². The van der Waals surface area contributed by atoms with Crippen LogP contribution >= 0.6 is 0 Å². The summed E-state index contributed by atoms with van der Waals surface area (Å²) in [6.45, 7) is 16.4. The third kappa shape index (κ3) is 2.61. The second kappa shape index (κ2) is 3.66. The Kier molecular flexibility index (Phi) is 2.99. The molecule has 86 valence electrons. The monoisotopic (exact) mass is 208 g/mol. The van der Waals surface area contributed by atoms with Gasteiger partial charge in [-0.05, 0) is 6.92 Å². The van der Waals surface area contributed by atoms with Crippen LogP contribution in [0.15, 0.2) is 6.20 Å². The van der Waals surface area contributed by atoms with Gasteiger partial charge in [-0.3, -0.25) is 0 Å². The Bertz CT molecular complexity index is 334. The van der Waals surface area contributed by atoms with Crippen molar-refractivity contribution in [1.82, 2.24) is 9.55 Å². The summed E-state index contributed by atoms with van der Waals surface area (Å²) in [5.41, 5.74) is 1.45. The maximum atomic E-state index is 4.79. The molecule has 0 spiro atoms. The molecule has 0 aliphatic carbocycles. The fourth-order valence-electron chi connectivity index (χ4n) is 1.62. The second-order valence-electron chi connectivity index (χ2n) is 6.24. The summed E-state index contributed by atoms with van der Waals surface area (Å²) in [7, 11) is 0. The quantitative estimate of drug-likeness (QED) is 0.690. The maximum absolute atomic E-state index is 4.79. The van der Waals surface area contributed by atoms with E-state index in [2.05, 4.69) is 59.2 Å². The Morgan fingerprint density at radius 3 is 1.87 bits per heavy atom. The highest BCUT2D eigenvalue weighted by Gasteiger charge is 2.25. The lowest BCUT2D eigenvalue weighted by atomic mass is 9.92. The molecule has 0 aliphatic rings. The van der Waals surface area contributed by atoms with E-state index in [1.165, 1.54) is 11.5 Å². The first-order valence-corrected chi connectivity index (χ1v) is 5.74. The second-order valence-corrected chi connectivity index (χ2v) is 6.24. The van der Waals surface area contributed by atoms with Gasteiger partial charge in [0, 0.05) is 23.6 Å². The van der Waals surface area contributed by atoms with Crippen LogP contribution in [0.5, 0.6) is 0 Å². The molecular weight excluding hydrogens is 184 g/mol. The standard InChI is InChI=1S/C13H24N2/c1-8-15-9-10(12(2,3)4)14-11(15)13(5,6)7/h9H,8H2,1-7H3. The van der Waals surface area contributed by atoms with Gasteiger partial charge >= 0.3 is 0 Å². The van der Waals surface area contributed by atoms with Crippen molar-refractivity contribution in [2.45, 2.75) is 65.8 Å². The van der Waals surface area contributed by atoms with Crippen LogP contribution in [0.25, 0.3) is 0 Å². The molecule has 0 aromatic carbocycles. The van der Waals surface area contributed by atoms with E-state index in [9.17, 15) is 0 Å². The van der Waals surface area contributed by atoms with Gasteiger partial charge < -0.3 is 4.57 Å². The van der Waals surface area contributed by atoms with Crippen LogP contribution in [0, 0.1) is 0 Å². The van der Waals surface area contributed by atoms with Crippen LogP contribution in [0.1, 0.15) is 60.0 Å². The minimum absolute atomic E-state index is 0.125. The normalized spacial score (nSPS) is 13.3. The molecule has 0 saturated carbocycles. The van der Waals surface area contributed by atoms with E-state index in [1.54, 1.807) is 0 Å². The Morgan fingerprint density at radius 2 is 1.60 bits per heavy atom. The Labute approximate surface area is 93.7 Å². The number of aryl methyl sites for hydroxylation is 1. The lowest BCUT2D eigenvalue weighted by molar-refractivity contribution is 0.503. The third-order valence-corrected chi connectivity index (χ3v) is 2.56. The maximum Gasteiger partial charge on any atom is 0.114 e. The van der Waals surface area contributed by atoms with E-state index in [4.69, 9.17) is 4.98 Å². The van der Waals surface area contributed by atoms with E-state index in [0.29, 0.717) is 0 Å². The summed E-state index contributed by atoms with van der Waals surface area (Å²) in [5.74, 6) is 1.19. The van der Waals surface area contributed by atoms with E-state index in [-0.39, 0.29) is 10.8 Å². The van der Waals surface area contributed by atoms with Gasteiger partial charge in [0.1, 0.15) is 5.82 Å². The van der Waals surface area contributed by atoms with E-state index >= 15 is 0 Å². The van der Waals surface area contributed by atoms with Crippen LogP contribution in [0.2, 0.25) is 0 Å². The highest BCUT2D eigenvalue weighted by atomic mass is 15.1. The topological polar surface area (TPSA) is 17.8 Å². The van der Waals surface area contributed by atoms with Gasteiger partial charge in [0.05, 0.1) is 5.69 Å². The molecule has 0 bridgehead atoms. The van der Waals surface area contributed by atoms with Gasteiger partial charge in [0.15, 0.2) is 0 Å². The smallest absolute Gasteiger partial charge is 0.114 e. The van der Waals surface area contributed by atoms with Crippen LogP contribution in [0.4, 0.5) is 0 Å². The number of aromatic nitrogens is 2. The third-order valence-electron chi connectivity index (χ3n) is 2.56. The summed E-state index contributed by atoms with van der Waals surface area (Å²) in [6, 6.07) is 0. The molecule has 1 heterocycles. The summed E-state index contributed by atoms with van der Waals surface area (Å²) in [5, 5.41) is 0. The van der Waals surface area contributed by atoms with E-state index in [1.807, 2.05) is 0 Å². The van der Waals surface area contributed by atoms with Crippen LogP contribution in [0.3, 0.4) is 0 Å². The number of hydrogen-bond acceptors (Lipinski definition) is 1. The van der Waals surface area contributed by atoms with Crippen molar-refractivity contribution in [3.8, 4) is 0 Å². The average Bonchev–Trinajstić information content (AvgIpc) is 2.44. The highest BCUT2D eigenvalue weighted by Crippen LogP contribution is 2.27. The van der Waals surface area contributed by atoms with Crippen molar-refractivity contribution in [1.29, 1.82) is 0 Å². The highest BCUT2D eigenvalue weighted by molar-refractivity contribution is 5.17. The van der Waals surface area contributed by atoms with Crippen LogP contribution in [-0.4, -0.2) is 9.55 Å². The summed E-state index contributed by atoms with van der Waals surface area (Å²) >= 11 is 0. The van der Waals surface area contributed by atoms with Crippen molar-refractivity contribution >= 4 is 0 Å². The zero-order chi connectivity index (χ0) is 11.9. The lowest BCUT2D eigenvalue weighted by Crippen LogP contribution is -2.18. The fourth-order valence-corrected chi connectivity index (χ4v) is 1.62. The molecule has 2 heteroatoms. The van der Waals surface area contributed by atoms with Gasteiger partial charge in [-0.2, -0.15) is 0 Å². The summed E-state index contributed by atoms with van der Waals surface area (Å²) in [6.07, 6.45) is 2.20. The summed E-state index contributed by atoms with van der Waals surface area (Å²) in [4.78, 5) is 4.79. The molecule has 2 nitrogen and oxygen atoms in total. The van der Waals surface area contributed by atoms with Crippen LogP contribution < -0.4 is 0 Å². The molecule has 0 amide bonds. The SMILES string of the molecule is CCn1cc(C(C)(C)C)nc1C(C)(C)C. The first-order valence-electron chi connectivity index (χ1n) is 5.74. The van der Waals surface area contributed by atoms with Gasteiger partial charge in [-0.25, -0.2) is 4.98 Å². The van der Waals surface area contributed by atoms with Gasteiger partial charge in [-0.15, -0.1) is 0 Å². The first-order chi connectivity index (χ1) is 6.66. The fraction of sp³-hybridized carbons (Fsp3) is 0.769. The van der Waals surface area contributed by atoms with Gasteiger partial charge in [0.2, 0.25) is 0 Å². The largest absolute Gasteiger partial charge is 0.334 e. The van der Waals surface area contributed by atoms with E-state index in [0.717, 1.165) is 6.54 Å². The first kappa shape index (κ1) is 12.3. The molecule has 0 fully saturated rings. The van der Waals surface area contributed by atoms with Crippen molar-refractivity contribution in [2.75, 3.05) is 0 Å². The van der Waals surface area contributed by atoms with E-state index < -0.39 is 0 Å². The van der Waals surface area contributed by atoms with Gasteiger partial charge in [0.25, 0.3) is 0 Å². The molecule has 0 saturated heterocycles. The molecule has 1 aromatic rings. The minimum atomic E-state index is 0.125. The Hall–Kier alpha value is -0.790. The predicted molar refractivity (Wildman–Crippen MR) is 65.3 cm³/mol. The molecule has 1 rings (SSSR count). The lowest BCUT2D eigenvalue weighted by Gasteiger charge is -2.19. The molecule has 0 aliphatic heterocycles. The zero-order valence-corrected chi connectivity index (χ0v) is 11.2. The summed E-state index contributed by atoms with van der Waals surface area (Å²) < 4.78 is 2.26. The molecule has 0 radical (unpaired) electrons. The van der Waals surface area contributed by atoms with Crippen molar-refractivity contribution in [3.63, 3.8) is 0 Å². The predicted octanol–water partition coefficient (Wildman–Crippen LogP) is 3.50. The molecular formula is C13H24N2. The number of hydrogen-bond donors (Lipinski definition) is 0. The van der Waals surface area contributed by atoms with Crippen molar-refractivity contribution in [2.24, 2.45) is 0 Å². The number of imidazole rings is 1. The minimum Gasteiger partial charge on any atom is -0.334 e. The average molecular weight is 208 g/mol. The van der Waals surface area contributed by atoms with Crippen molar-refractivity contribution < 1.29 is 0 Å². The Morgan fingerprint density at radius 1 is 1.07 bits per heavy atom. The number of rotatable bonds is 1. The van der Waals surface area contributed by atoms with Gasteiger partial charge in [-0.1, -0.05) is 41.5 Å².